The van der Waals surface area contributed by atoms with Gasteiger partial charge in [0, 0.05) is 18.7 Å². The van der Waals surface area contributed by atoms with Gasteiger partial charge in [0.1, 0.15) is 17.5 Å². The summed E-state index contributed by atoms with van der Waals surface area (Å²) in [5.74, 6) is 0.284. The molecule has 0 saturated carbocycles. The number of aromatic nitrogens is 4. The van der Waals surface area contributed by atoms with Crippen LogP contribution in [0.3, 0.4) is 0 Å². The molecule has 2 heterocycles. The maximum absolute atomic E-state index is 13.4. The Morgan fingerprint density at radius 1 is 0.970 bits per heavy atom. The molecule has 0 amide bonds. The highest BCUT2D eigenvalue weighted by Gasteiger charge is 2.14. The number of rotatable bonds is 9. The fraction of sp³-hybridized carbons (Fsp3) is 0.200. The van der Waals surface area contributed by atoms with Gasteiger partial charge in [-0.25, -0.2) is 9.18 Å². The molecule has 2 aromatic carbocycles. The molecule has 0 unspecified atom stereocenters. The Morgan fingerprint density at radius 2 is 1.70 bits per heavy atom. The monoisotopic (exact) mass is 445 g/mol. The Kier molecular flexibility index (Phi) is 6.85. The first-order valence-corrected chi connectivity index (χ1v) is 10.6. The molecule has 8 heteroatoms. The van der Waals surface area contributed by atoms with Crippen molar-refractivity contribution in [1.29, 1.82) is 0 Å². The minimum Gasteiger partial charge on any atom is -0.478 e. The smallest absolute Gasteiger partial charge is 0.335 e. The third kappa shape index (κ3) is 5.87. The van der Waals surface area contributed by atoms with E-state index in [4.69, 9.17) is 0 Å². The van der Waals surface area contributed by atoms with E-state index < -0.39 is 5.97 Å². The van der Waals surface area contributed by atoms with Crippen molar-refractivity contribution < 1.29 is 14.3 Å². The molecule has 0 saturated heterocycles. The number of hydrogen-bond donors (Lipinski definition) is 2. The van der Waals surface area contributed by atoms with E-state index in [9.17, 15) is 14.3 Å². The molecule has 0 atom stereocenters. The van der Waals surface area contributed by atoms with Gasteiger partial charge in [-0.05, 0) is 42.3 Å². The number of hydrogen-bond acceptors (Lipinski definition) is 5. The lowest BCUT2D eigenvalue weighted by molar-refractivity contribution is 0.0696. The van der Waals surface area contributed by atoms with Crippen molar-refractivity contribution in [1.82, 2.24) is 25.1 Å². The maximum atomic E-state index is 13.4. The molecule has 0 spiro atoms. The number of pyridine rings is 1. The van der Waals surface area contributed by atoms with Crippen molar-refractivity contribution in [2.75, 3.05) is 0 Å². The minimum absolute atomic E-state index is 0.212. The van der Waals surface area contributed by atoms with E-state index in [1.165, 1.54) is 12.1 Å². The summed E-state index contributed by atoms with van der Waals surface area (Å²) < 4.78 is 15.4. The van der Waals surface area contributed by atoms with Gasteiger partial charge in [0.05, 0.1) is 24.3 Å². The van der Waals surface area contributed by atoms with Crippen LogP contribution in [0, 0.1) is 12.7 Å². The molecule has 168 valence electrons. The minimum atomic E-state index is -0.980. The molecule has 0 fully saturated rings. The second-order valence-electron chi connectivity index (χ2n) is 7.80. The van der Waals surface area contributed by atoms with Gasteiger partial charge in [-0.15, -0.1) is 10.2 Å². The van der Waals surface area contributed by atoms with Gasteiger partial charge >= 0.3 is 5.97 Å². The highest BCUT2D eigenvalue weighted by atomic mass is 19.1. The van der Waals surface area contributed by atoms with Crippen LogP contribution in [0.2, 0.25) is 0 Å². The lowest BCUT2D eigenvalue weighted by Gasteiger charge is -2.12. The van der Waals surface area contributed by atoms with E-state index in [0.29, 0.717) is 37.4 Å². The van der Waals surface area contributed by atoms with Crippen molar-refractivity contribution in [2.24, 2.45) is 0 Å². The summed E-state index contributed by atoms with van der Waals surface area (Å²) in [5, 5.41) is 21.3. The molecular formula is C25H24FN5O2. The SMILES string of the molecule is Cc1cc(C(=O)O)cc(CNCc2nnc(Cc3ccccc3)n2Cc2ccc(F)cc2)n1. The summed E-state index contributed by atoms with van der Waals surface area (Å²) >= 11 is 0. The first kappa shape index (κ1) is 22.3. The summed E-state index contributed by atoms with van der Waals surface area (Å²) in [4.78, 5) is 15.7. The van der Waals surface area contributed by atoms with Gasteiger partial charge in [0.2, 0.25) is 0 Å². The summed E-state index contributed by atoms with van der Waals surface area (Å²) in [6, 6.07) is 19.5. The van der Waals surface area contributed by atoms with E-state index in [2.05, 4.69) is 20.5 Å². The molecule has 0 aliphatic heterocycles. The number of benzene rings is 2. The van der Waals surface area contributed by atoms with Gasteiger partial charge in [0.25, 0.3) is 0 Å². The summed E-state index contributed by atoms with van der Waals surface area (Å²) in [7, 11) is 0. The average Bonchev–Trinajstić information content (AvgIpc) is 3.16. The Bertz CT molecular complexity index is 1240. The molecule has 0 aliphatic carbocycles. The van der Waals surface area contributed by atoms with Crippen LogP contribution in [0.4, 0.5) is 4.39 Å². The topological polar surface area (TPSA) is 92.9 Å². The molecule has 0 radical (unpaired) electrons. The third-order valence-corrected chi connectivity index (χ3v) is 5.21. The van der Waals surface area contributed by atoms with Crippen LogP contribution in [0.25, 0.3) is 0 Å². The van der Waals surface area contributed by atoms with Crippen LogP contribution in [0.15, 0.2) is 66.7 Å². The highest BCUT2D eigenvalue weighted by Crippen LogP contribution is 2.14. The molecule has 4 aromatic rings. The van der Waals surface area contributed by atoms with Crippen molar-refractivity contribution in [3.8, 4) is 0 Å². The Morgan fingerprint density at radius 3 is 2.42 bits per heavy atom. The van der Waals surface area contributed by atoms with Crippen LogP contribution in [0.1, 0.15) is 44.5 Å². The largest absolute Gasteiger partial charge is 0.478 e. The standard InChI is InChI=1S/C25H24FN5O2/c1-17-11-20(25(32)33)13-22(28-17)14-27-15-24-30-29-23(12-18-5-3-2-4-6-18)31(24)16-19-7-9-21(26)10-8-19/h2-11,13,27H,12,14-16H2,1H3,(H,32,33). The van der Waals surface area contributed by atoms with Crippen LogP contribution in [0.5, 0.6) is 0 Å². The molecule has 0 bridgehead atoms. The Hall–Kier alpha value is -3.91. The number of carboxylic acid groups (broad SMARTS) is 1. The molecule has 2 aromatic heterocycles. The Balaban J connectivity index is 1.53. The van der Waals surface area contributed by atoms with Crippen molar-refractivity contribution >= 4 is 5.97 Å². The number of nitrogens with one attached hydrogen (secondary N) is 1. The zero-order valence-electron chi connectivity index (χ0n) is 18.2. The number of nitrogens with zero attached hydrogens (tertiary/aromatic N) is 4. The third-order valence-electron chi connectivity index (χ3n) is 5.21. The molecule has 4 rings (SSSR count). The first-order valence-electron chi connectivity index (χ1n) is 10.6. The van der Waals surface area contributed by atoms with Crippen molar-refractivity contribution in [3.05, 3.63) is 112 Å². The lowest BCUT2D eigenvalue weighted by Crippen LogP contribution is -2.19. The first-order chi connectivity index (χ1) is 16.0. The number of aromatic carboxylic acids is 1. The van der Waals surface area contributed by atoms with E-state index in [1.54, 1.807) is 31.2 Å². The van der Waals surface area contributed by atoms with Gasteiger partial charge in [-0.2, -0.15) is 0 Å². The zero-order chi connectivity index (χ0) is 23.2. The normalized spacial score (nSPS) is 11.0. The maximum Gasteiger partial charge on any atom is 0.335 e. The zero-order valence-corrected chi connectivity index (χ0v) is 18.2. The number of halogens is 1. The van der Waals surface area contributed by atoms with Crippen LogP contribution in [-0.2, 0) is 26.1 Å². The highest BCUT2D eigenvalue weighted by molar-refractivity contribution is 5.87. The molecular weight excluding hydrogens is 421 g/mol. The second kappa shape index (κ2) is 10.1. The summed E-state index contributed by atoms with van der Waals surface area (Å²) in [5.41, 5.74) is 3.56. The quantitative estimate of drug-likeness (QED) is 0.408. The number of carbonyl (C=O) groups is 1. The van der Waals surface area contributed by atoms with E-state index in [1.807, 2.05) is 34.9 Å². The van der Waals surface area contributed by atoms with Crippen LogP contribution >= 0.6 is 0 Å². The van der Waals surface area contributed by atoms with Crippen molar-refractivity contribution in [3.63, 3.8) is 0 Å². The Labute approximate surface area is 191 Å². The van der Waals surface area contributed by atoms with Gasteiger partial charge < -0.3 is 15.0 Å². The fourth-order valence-corrected chi connectivity index (χ4v) is 3.62. The lowest BCUT2D eigenvalue weighted by atomic mass is 10.1. The van der Waals surface area contributed by atoms with E-state index in [0.717, 1.165) is 22.8 Å². The fourth-order valence-electron chi connectivity index (χ4n) is 3.62. The predicted octanol–water partition coefficient (Wildman–Crippen LogP) is 3.75. The van der Waals surface area contributed by atoms with Gasteiger partial charge in [-0.3, -0.25) is 4.98 Å². The number of carboxylic acids is 1. The average molecular weight is 445 g/mol. The predicted molar refractivity (Wildman–Crippen MR) is 121 cm³/mol. The van der Waals surface area contributed by atoms with Crippen LogP contribution in [-0.4, -0.2) is 30.8 Å². The van der Waals surface area contributed by atoms with E-state index in [-0.39, 0.29) is 11.4 Å². The van der Waals surface area contributed by atoms with Crippen molar-refractivity contribution in [2.45, 2.75) is 33.0 Å². The molecule has 7 nitrogen and oxygen atoms in total. The molecule has 2 N–H and O–H groups in total. The molecule has 33 heavy (non-hydrogen) atoms. The van der Waals surface area contributed by atoms with Gasteiger partial charge in [-0.1, -0.05) is 42.5 Å². The molecule has 0 aliphatic rings. The summed E-state index contributed by atoms with van der Waals surface area (Å²) in [6.45, 7) is 3.09. The van der Waals surface area contributed by atoms with Gasteiger partial charge in [0.15, 0.2) is 0 Å². The van der Waals surface area contributed by atoms with Crippen LogP contribution < -0.4 is 5.32 Å². The number of aryl methyl sites for hydroxylation is 1. The second-order valence-corrected chi connectivity index (χ2v) is 7.80. The van der Waals surface area contributed by atoms with E-state index >= 15 is 0 Å². The summed E-state index contributed by atoms with van der Waals surface area (Å²) in [6.07, 6.45) is 0.621.